The average molecular weight is 472 g/mol. The van der Waals surface area contributed by atoms with Gasteiger partial charge in [0.2, 0.25) is 5.91 Å². The zero-order chi connectivity index (χ0) is 22.5. The van der Waals surface area contributed by atoms with Crippen molar-refractivity contribution in [2.24, 2.45) is 0 Å². The van der Waals surface area contributed by atoms with Gasteiger partial charge in [0.25, 0.3) is 5.91 Å². The lowest BCUT2D eigenvalue weighted by Gasteiger charge is -2.31. The number of nitrogens with zero attached hydrogens (tertiary/aromatic N) is 1. The quantitative estimate of drug-likeness (QED) is 0.591. The molecule has 0 unspecified atom stereocenters. The summed E-state index contributed by atoms with van der Waals surface area (Å²) in [5.41, 5.74) is 0.309. The SMILES string of the molecule is C[C@@H](C(=O)NC(C)(C)C)N(Cc1ccc(Cl)c(Cl)c1)C(=O)COc1ccccc1Cl. The molecular weight excluding hydrogens is 447 g/mol. The molecule has 0 heterocycles. The van der Waals surface area contributed by atoms with Crippen molar-refractivity contribution in [3.8, 4) is 5.75 Å². The predicted octanol–water partition coefficient (Wildman–Crippen LogP) is 5.36. The van der Waals surface area contributed by atoms with E-state index in [-0.39, 0.29) is 25.0 Å². The molecule has 0 radical (unpaired) electrons. The van der Waals surface area contributed by atoms with Crippen molar-refractivity contribution >= 4 is 46.6 Å². The fraction of sp³-hybridized carbons (Fsp3) is 0.364. The van der Waals surface area contributed by atoms with Crippen molar-refractivity contribution < 1.29 is 14.3 Å². The van der Waals surface area contributed by atoms with Gasteiger partial charge in [0, 0.05) is 12.1 Å². The van der Waals surface area contributed by atoms with Crippen LogP contribution in [-0.2, 0) is 16.1 Å². The first kappa shape index (κ1) is 24.3. The van der Waals surface area contributed by atoms with Crippen LogP contribution in [0.25, 0.3) is 0 Å². The maximum absolute atomic E-state index is 13.0. The molecule has 0 spiro atoms. The van der Waals surface area contributed by atoms with Crippen LogP contribution < -0.4 is 10.1 Å². The van der Waals surface area contributed by atoms with Crippen LogP contribution in [0.5, 0.6) is 5.75 Å². The molecule has 0 aliphatic heterocycles. The van der Waals surface area contributed by atoms with E-state index in [4.69, 9.17) is 39.5 Å². The second-order valence-corrected chi connectivity index (χ2v) is 9.13. The van der Waals surface area contributed by atoms with Crippen molar-refractivity contribution in [1.29, 1.82) is 0 Å². The van der Waals surface area contributed by atoms with Gasteiger partial charge in [-0.3, -0.25) is 9.59 Å². The van der Waals surface area contributed by atoms with E-state index in [0.717, 1.165) is 5.56 Å². The molecule has 162 valence electrons. The number of para-hydroxylation sites is 1. The minimum Gasteiger partial charge on any atom is -0.482 e. The van der Waals surface area contributed by atoms with Crippen molar-refractivity contribution in [3.63, 3.8) is 0 Å². The molecule has 0 aliphatic carbocycles. The third-order valence-corrected chi connectivity index (χ3v) is 5.24. The first-order valence-electron chi connectivity index (χ1n) is 9.40. The van der Waals surface area contributed by atoms with Crippen LogP contribution in [0.2, 0.25) is 15.1 Å². The Morgan fingerprint density at radius 3 is 2.30 bits per heavy atom. The summed E-state index contributed by atoms with van der Waals surface area (Å²) in [5.74, 6) is -0.236. The summed E-state index contributed by atoms with van der Waals surface area (Å²) >= 11 is 18.2. The van der Waals surface area contributed by atoms with Gasteiger partial charge in [-0.2, -0.15) is 0 Å². The standard InChI is InChI=1S/C22H25Cl3N2O3/c1-14(21(29)26-22(2,3)4)27(12-15-9-10-16(23)18(25)11-15)20(28)13-30-19-8-6-5-7-17(19)24/h5-11,14H,12-13H2,1-4H3,(H,26,29)/t14-/m0/s1. The van der Waals surface area contributed by atoms with Crippen LogP contribution in [0.3, 0.4) is 0 Å². The highest BCUT2D eigenvalue weighted by atomic mass is 35.5. The van der Waals surface area contributed by atoms with Crippen LogP contribution in [0.1, 0.15) is 33.3 Å². The van der Waals surface area contributed by atoms with Gasteiger partial charge in [0.05, 0.1) is 15.1 Å². The molecule has 0 saturated carbocycles. The molecule has 2 rings (SSSR count). The molecule has 0 aliphatic rings. The Bertz CT molecular complexity index is 913. The van der Waals surface area contributed by atoms with E-state index >= 15 is 0 Å². The summed E-state index contributed by atoms with van der Waals surface area (Å²) in [5, 5.41) is 4.10. The Kier molecular flexibility index (Phi) is 8.42. The van der Waals surface area contributed by atoms with Gasteiger partial charge < -0.3 is 15.0 Å². The number of halogens is 3. The summed E-state index contributed by atoms with van der Waals surface area (Å²) < 4.78 is 5.59. The average Bonchev–Trinajstić information content (AvgIpc) is 2.66. The normalized spacial score (nSPS) is 12.2. The maximum atomic E-state index is 13.0. The lowest BCUT2D eigenvalue weighted by Crippen LogP contribution is -2.53. The van der Waals surface area contributed by atoms with Crippen molar-refractivity contribution in [1.82, 2.24) is 10.2 Å². The molecule has 30 heavy (non-hydrogen) atoms. The Morgan fingerprint density at radius 1 is 1.03 bits per heavy atom. The topological polar surface area (TPSA) is 58.6 Å². The molecular formula is C22H25Cl3N2O3. The van der Waals surface area contributed by atoms with Crippen LogP contribution in [0.15, 0.2) is 42.5 Å². The number of rotatable bonds is 7. The van der Waals surface area contributed by atoms with Gasteiger partial charge in [0.15, 0.2) is 6.61 Å². The van der Waals surface area contributed by atoms with Gasteiger partial charge in [-0.15, -0.1) is 0 Å². The van der Waals surface area contributed by atoms with Gasteiger partial charge in [-0.1, -0.05) is 53.0 Å². The molecule has 2 amide bonds. The van der Waals surface area contributed by atoms with E-state index in [9.17, 15) is 9.59 Å². The molecule has 0 saturated heterocycles. The molecule has 2 aromatic carbocycles. The number of nitrogens with one attached hydrogen (secondary N) is 1. The van der Waals surface area contributed by atoms with E-state index in [1.807, 2.05) is 20.8 Å². The minimum absolute atomic E-state index is 0.167. The van der Waals surface area contributed by atoms with Crippen LogP contribution in [0, 0.1) is 0 Å². The third-order valence-electron chi connectivity index (χ3n) is 4.19. The Labute approximate surface area is 192 Å². The summed E-state index contributed by atoms with van der Waals surface area (Å²) in [6.45, 7) is 7.21. The largest absolute Gasteiger partial charge is 0.482 e. The van der Waals surface area contributed by atoms with Gasteiger partial charge in [-0.25, -0.2) is 0 Å². The Balaban J connectivity index is 2.22. The molecule has 8 heteroatoms. The first-order chi connectivity index (χ1) is 14.0. The number of ether oxygens (including phenoxy) is 1. The number of amides is 2. The molecule has 1 atom stereocenters. The number of hydrogen-bond acceptors (Lipinski definition) is 3. The van der Waals surface area contributed by atoms with E-state index in [2.05, 4.69) is 5.32 Å². The monoisotopic (exact) mass is 470 g/mol. The second-order valence-electron chi connectivity index (χ2n) is 7.90. The van der Waals surface area contributed by atoms with Gasteiger partial charge in [-0.05, 0) is 57.5 Å². The Morgan fingerprint density at radius 2 is 1.70 bits per heavy atom. The number of benzene rings is 2. The summed E-state index contributed by atoms with van der Waals surface area (Å²) in [4.78, 5) is 27.2. The first-order valence-corrected chi connectivity index (χ1v) is 10.5. The maximum Gasteiger partial charge on any atom is 0.261 e. The predicted molar refractivity (Wildman–Crippen MR) is 121 cm³/mol. The van der Waals surface area contributed by atoms with E-state index in [1.165, 1.54) is 4.90 Å². The molecule has 0 bridgehead atoms. The summed E-state index contributed by atoms with van der Waals surface area (Å²) in [7, 11) is 0. The van der Waals surface area contributed by atoms with Gasteiger partial charge >= 0.3 is 0 Å². The lowest BCUT2D eigenvalue weighted by molar-refractivity contribution is -0.142. The fourth-order valence-corrected chi connectivity index (χ4v) is 3.19. The smallest absolute Gasteiger partial charge is 0.261 e. The van der Waals surface area contributed by atoms with Crippen LogP contribution in [-0.4, -0.2) is 34.9 Å². The summed E-state index contributed by atoms with van der Waals surface area (Å²) in [6, 6.07) is 11.2. The zero-order valence-electron chi connectivity index (χ0n) is 17.3. The zero-order valence-corrected chi connectivity index (χ0v) is 19.6. The van der Waals surface area contributed by atoms with E-state index in [0.29, 0.717) is 20.8 Å². The fourth-order valence-electron chi connectivity index (χ4n) is 2.68. The van der Waals surface area contributed by atoms with Crippen molar-refractivity contribution in [2.75, 3.05) is 6.61 Å². The third kappa shape index (κ3) is 7.08. The van der Waals surface area contributed by atoms with Crippen molar-refractivity contribution in [2.45, 2.75) is 45.8 Å². The van der Waals surface area contributed by atoms with Gasteiger partial charge in [0.1, 0.15) is 11.8 Å². The molecule has 1 N–H and O–H groups in total. The van der Waals surface area contributed by atoms with E-state index < -0.39 is 11.6 Å². The van der Waals surface area contributed by atoms with Crippen LogP contribution >= 0.6 is 34.8 Å². The molecule has 0 fully saturated rings. The second kappa shape index (κ2) is 10.4. The Hall–Kier alpha value is -1.95. The van der Waals surface area contributed by atoms with Crippen molar-refractivity contribution in [3.05, 3.63) is 63.1 Å². The number of hydrogen-bond donors (Lipinski definition) is 1. The molecule has 5 nitrogen and oxygen atoms in total. The van der Waals surface area contributed by atoms with Crippen LogP contribution in [0.4, 0.5) is 0 Å². The number of carbonyl (C=O) groups is 2. The molecule has 2 aromatic rings. The van der Waals surface area contributed by atoms with E-state index in [1.54, 1.807) is 49.4 Å². The highest BCUT2D eigenvalue weighted by Gasteiger charge is 2.29. The minimum atomic E-state index is -0.735. The molecule has 0 aromatic heterocycles. The lowest BCUT2D eigenvalue weighted by atomic mass is 10.1. The number of carbonyl (C=O) groups excluding carboxylic acids is 2. The highest BCUT2D eigenvalue weighted by molar-refractivity contribution is 6.42. The highest BCUT2D eigenvalue weighted by Crippen LogP contribution is 2.25. The summed E-state index contributed by atoms with van der Waals surface area (Å²) in [6.07, 6.45) is 0.